The summed E-state index contributed by atoms with van der Waals surface area (Å²) in [5, 5.41) is 19.9. The summed E-state index contributed by atoms with van der Waals surface area (Å²) >= 11 is 0. The summed E-state index contributed by atoms with van der Waals surface area (Å²) in [5.74, 6) is -1.32. The summed E-state index contributed by atoms with van der Waals surface area (Å²) in [6.45, 7) is 0. The number of aromatic amines is 1. The van der Waals surface area contributed by atoms with Gasteiger partial charge in [-0.1, -0.05) is 0 Å². The van der Waals surface area contributed by atoms with Gasteiger partial charge in [0.15, 0.2) is 0 Å². The summed E-state index contributed by atoms with van der Waals surface area (Å²) in [4.78, 5) is 35.0. The molecule has 1 heterocycles. The number of carboxylic acid groups (broad SMARTS) is 1. The molecule has 0 atom stereocenters. The number of nitro benzene ring substituents is 1. The molecule has 98 valence electrons. The fourth-order valence-electron chi connectivity index (χ4n) is 1.75. The second-order valence-electron chi connectivity index (χ2n) is 3.68. The van der Waals surface area contributed by atoms with Crippen LogP contribution in [0.2, 0.25) is 0 Å². The van der Waals surface area contributed by atoms with Gasteiger partial charge >= 0.3 is 5.97 Å². The molecule has 1 aromatic heterocycles. The van der Waals surface area contributed by atoms with E-state index < -0.39 is 16.5 Å². The Morgan fingerprint density at radius 3 is 2.63 bits per heavy atom. The molecule has 0 saturated heterocycles. The van der Waals surface area contributed by atoms with Gasteiger partial charge < -0.3 is 14.8 Å². The normalized spacial score (nSPS) is 10.4. The van der Waals surface area contributed by atoms with Crippen LogP contribution in [0.25, 0.3) is 10.9 Å². The van der Waals surface area contributed by atoms with Gasteiger partial charge in [-0.05, 0) is 0 Å². The lowest BCUT2D eigenvalue weighted by molar-refractivity contribution is -0.384. The smallest absolute Gasteiger partial charge is 0.336 e. The quantitative estimate of drug-likeness (QED) is 0.633. The molecule has 0 radical (unpaired) electrons. The third kappa shape index (κ3) is 2.10. The lowest BCUT2D eigenvalue weighted by Gasteiger charge is -2.07. The molecule has 19 heavy (non-hydrogen) atoms. The molecule has 0 aliphatic heterocycles. The number of methoxy groups -OCH3 is 1. The Morgan fingerprint density at radius 1 is 1.42 bits per heavy atom. The summed E-state index contributed by atoms with van der Waals surface area (Å²) < 4.78 is 4.94. The number of nitro groups is 1. The summed E-state index contributed by atoms with van der Waals surface area (Å²) in [6, 6.07) is 3.06. The number of hydrogen-bond acceptors (Lipinski definition) is 5. The zero-order valence-corrected chi connectivity index (χ0v) is 9.67. The maximum Gasteiger partial charge on any atom is 0.336 e. The monoisotopic (exact) mass is 264 g/mol. The van der Waals surface area contributed by atoms with Crippen molar-refractivity contribution in [1.82, 2.24) is 4.98 Å². The number of ether oxygens (including phenoxy) is 1. The number of non-ortho nitro benzene ring substituents is 1. The first-order chi connectivity index (χ1) is 8.93. The molecule has 0 unspecified atom stereocenters. The van der Waals surface area contributed by atoms with Gasteiger partial charge in [-0.15, -0.1) is 0 Å². The number of fused-ring (bicyclic) bond motifs is 1. The molecule has 0 fully saturated rings. The van der Waals surface area contributed by atoms with E-state index in [-0.39, 0.29) is 27.9 Å². The van der Waals surface area contributed by atoms with Crippen LogP contribution in [0.3, 0.4) is 0 Å². The number of rotatable bonds is 3. The van der Waals surface area contributed by atoms with Crippen LogP contribution in [0.5, 0.6) is 5.75 Å². The van der Waals surface area contributed by atoms with Crippen molar-refractivity contribution >= 4 is 22.6 Å². The van der Waals surface area contributed by atoms with E-state index >= 15 is 0 Å². The molecular weight excluding hydrogens is 256 g/mol. The van der Waals surface area contributed by atoms with Gasteiger partial charge in [0, 0.05) is 17.5 Å². The average Bonchev–Trinajstić information content (AvgIpc) is 2.36. The van der Waals surface area contributed by atoms with Crippen molar-refractivity contribution in [2.45, 2.75) is 0 Å². The Hall–Kier alpha value is -2.90. The van der Waals surface area contributed by atoms with E-state index in [1.807, 2.05) is 0 Å². The number of H-pyrrole nitrogens is 1. The molecule has 0 bridgehead atoms. The molecule has 2 rings (SSSR count). The largest absolute Gasteiger partial charge is 0.494 e. The minimum Gasteiger partial charge on any atom is -0.494 e. The highest BCUT2D eigenvalue weighted by atomic mass is 16.6. The Bertz CT molecular complexity index is 749. The Balaban J connectivity index is 2.97. The number of nitrogens with one attached hydrogen (secondary N) is 1. The van der Waals surface area contributed by atoms with Crippen molar-refractivity contribution in [3.05, 3.63) is 44.2 Å². The first-order valence-electron chi connectivity index (χ1n) is 5.07. The first kappa shape index (κ1) is 12.6. The number of aromatic carboxylic acids is 1. The predicted octanol–water partition coefficient (Wildman–Crippen LogP) is 1.14. The van der Waals surface area contributed by atoms with Crippen LogP contribution in [0.15, 0.2) is 23.0 Å². The predicted molar refractivity (Wildman–Crippen MR) is 64.7 cm³/mol. The second-order valence-corrected chi connectivity index (χ2v) is 3.68. The van der Waals surface area contributed by atoms with Crippen LogP contribution < -0.4 is 10.3 Å². The lowest BCUT2D eigenvalue weighted by atomic mass is 10.1. The van der Waals surface area contributed by atoms with Crippen LogP contribution in [0.4, 0.5) is 5.69 Å². The molecule has 0 amide bonds. The standard InChI is InChI=1S/C11H8N2O6/c1-19-8-3-5(13(17)18)2-6-7(11(15)16)4-9(14)12-10(6)8/h2-4H,1H3,(H,12,14)(H,15,16). The topological polar surface area (TPSA) is 123 Å². The number of pyridine rings is 1. The fourth-order valence-corrected chi connectivity index (χ4v) is 1.75. The van der Waals surface area contributed by atoms with E-state index in [0.717, 1.165) is 18.2 Å². The molecule has 2 N–H and O–H groups in total. The Kier molecular flexibility index (Phi) is 2.91. The number of benzene rings is 1. The number of hydrogen-bond donors (Lipinski definition) is 2. The van der Waals surface area contributed by atoms with Gasteiger partial charge in [0.05, 0.1) is 29.2 Å². The summed E-state index contributed by atoms with van der Waals surface area (Å²) in [7, 11) is 1.27. The van der Waals surface area contributed by atoms with E-state index in [0.29, 0.717) is 0 Å². The van der Waals surface area contributed by atoms with Crippen molar-refractivity contribution < 1.29 is 19.6 Å². The maximum absolute atomic E-state index is 11.4. The summed E-state index contributed by atoms with van der Waals surface area (Å²) in [6.07, 6.45) is 0. The Morgan fingerprint density at radius 2 is 2.11 bits per heavy atom. The Labute approximate surface area is 105 Å². The highest BCUT2D eigenvalue weighted by Crippen LogP contribution is 2.30. The van der Waals surface area contributed by atoms with Gasteiger partial charge in [0.2, 0.25) is 5.56 Å². The highest BCUT2D eigenvalue weighted by Gasteiger charge is 2.18. The van der Waals surface area contributed by atoms with Crippen LogP contribution in [-0.2, 0) is 0 Å². The van der Waals surface area contributed by atoms with Crippen molar-refractivity contribution in [2.75, 3.05) is 7.11 Å². The molecule has 8 heteroatoms. The molecule has 1 aromatic carbocycles. The van der Waals surface area contributed by atoms with Crippen molar-refractivity contribution in [3.63, 3.8) is 0 Å². The number of aromatic nitrogens is 1. The molecule has 0 aliphatic rings. The first-order valence-corrected chi connectivity index (χ1v) is 5.07. The molecular formula is C11H8N2O6. The molecule has 0 spiro atoms. The molecule has 8 nitrogen and oxygen atoms in total. The summed E-state index contributed by atoms with van der Waals surface area (Å²) in [5.41, 5.74) is -1.16. The molecule has 0 saturated carbocycles. The van der Waals surface area contributed by atoms with E-state index in [1.165, 1.54) is 7.11 Å². The zero-order chi connectivity index (χ0) is 14.2. The van der Waals surface area contributed by atoms with Gasteiger partial charge in [-0.3, -0.25) is 14.9 Å². The zero-order valence-electron chi connectivity index (χ0n) is 9.67. The number of nitrogens with zero attached hydrogens (tertiary/aromatic N) is 1. The lowest BCUT2D eigenvalue weighted by Crippen LogP contribution is -2.11. The van der Waals surface area contributed by atoms with Crippen molar-refractivity contribution in [3.8, 4) is 5.75 Å². The fraction of sp³-hybridized carbons (Fsp3) is 0.0909. The van der Waals surface area contributed by atoms with Crippen molar-refractivity contribution in [2.24, 2.45) is 0 Å². The third-order valence-electron chi connectivity index (χ3n) is 2.56. The van der Waals surface area contributed by atoms with E-state index in [2.05, 4.69) is 4.98 Å². The second kappa shape index (κ2) is 4.41. The minimum atomic E-state index is -1.35. The number of carboxylic acids is 1. The van der Waals surface area contributed by atoms with Gasteiger partial charge in [-0.25, -0.2) is 4.79 Å². The number of carbonyl (C=O) groups is 1. The minimum absolute atomic E-state index is 0.0319. The molecule has 2 aromatic rings. The molecule has 0 aliphatic carbocycles. The van der Waals surface area contributed by atoms with Crippen LogP contribution in [-0.4, -0.2) is 28.1 Å². The van der Waals surface area contributed by atoms with Gasteiger partial charge in [0.1, 0.15) is 5.75 Å². The van der Waals surface area contributed by atoms with Gasteiger partial charge in [-0.2, -0.15) is 0 Å². The SMILES string of the molecule is COc1cc([N+](=O)[O-])cc2c(C(=O)O)cc(=O)[nH]c12. The average molecular weight is 264 g/mol. The van der Waals surface area contributed by atoms with E-state index in [1.54, 1.807) is 0 Å². The highest BCUT2D eigenvalue weighted by molar-refractivity contribution is 6.04. The van der Waals surface area contributed by atoms with E-state index in [4.69, 9.17) is 9.84 Å². The third-order valence-corrected chi connectivity index (χ3v) is 2.56. The van der Waals surface area contributed by atoms with E-state index in [9.17, 15) is 19.7 Å². The maximum atomic E-state index is 11.4. The van der Waals surface area contributed by atoms with Crippen LogP contribution in [0.1, 0.15) is 10.4 Å². The van der Waals surface area contributed by atoms with Crippen molar-refractivity contribution in [1.29, 1.82) is 0 Å². The van der Waals surface area contributed by atoms with Crippen LogP contribution in [0, 0.1) is 10.1 Å². The van der Waals surface area contributed by atoms with Gasteiger partial charge in [0.25, 0.3) is 5.69 Å². The van der Waals surface area contributed by atoms with Crippen LogP contribution >= 0.6 is 0 Å².